The van der Waals surface area contributed by atoms with Gasteiger partial charge in [0.1, 0.15) is 6.54 Å². The number of anilines is 1. The van der Waals surface area contributed by atoms with Gasteiger partial charge in [-0.3, -0.25) is 19.7 Å². The molecule has 0 fully saturated rings. The van der Waals surface area contributed by atoms with Gasteiger partial charge in [0.2, 0.25) is 5.91 Å². The number of nitrogens with one attached hydrogen (secondary N) is 1. The molecule has 2 aromatic rings. The molecule has 1 aromatic carbocycles. The lowest BCUT2D eigenvalue weighted by molar-refractivity contribution is -0.384. The summed E-state index contributed by atoms with van der Waals surface area (Å²) in [6, 6.07) is 7.06. The van der Waals surface area contributed by atoms with Crippen LogP contribution in [0.5, 0.6) is 0 Å². The number of amides is 1. The molecule has 8 heteroatoms. The summed E-state index contributed by atoms with van der Waals surface area (Å²) in [5.41, 5.74) is 0.354. The zero-order chi connectivity index (χ0) is 16.3. The fourth-order valence-electron chi connectivity index (χ4n) is 1.84. The summed E-state index contributed by atoms with van der Waals surface area (Å²) in [4.78, 5) is 33.8. The highest BCUT2D eigenvalue weighted by Gasteiger charge is 2.12. The number of nitrogens with zero attached hydrogens (tertiary/aromatic N) is 2. The SMILES string of the molecule is Cc1cccn(CC(=O)Nc2ccc([N+](=O)[O-])cc2Cl)c1=O. The van der Waals surface area contributed by atoms with E-state index in [0.717, 1.165) is 6.07 Å². The Balaban J connectivity index is 2.14. The molecule has 22 heavy (non-hydrogen) atoms. The second-order valence-electron chi connectivity index (χ2n) is 4.59. The molecule has 0 atom stereocenters. The first-order valence-electron chi connectivity index (χ1n) is 6.28. The van der Waals surface area contributed by atoms with Crippen LogP contribution in [0.2, 0.25) is 5.02 Å². The third-order valence-corrected chi connectivity index (χ3v) is 3.27. The van der Waals surface area contributed by atoms with E-state index in [1.54, 1.807) is 19.1 Å². The summed E-state index contributed by atoms with van der Waals surface area (Å²) in [5, 5.41) is 13.2. The van der Waals surface area contributed by atoms with Crippen molar-refractivity contribution in [2.24, 2.45) is 0 Å². The molecular weight excluding hydrogens is 310 g/mol. The van der Waals surface area contributed by atoms with Crippen molar-refractivity contribution in [3.8, 4) is 0 Å². The van der Waals surface area contributed by atoms with Crippen LogP contribution >= 0.6 is 11.6 Å². The van der Waals surface area contributed by atoms with Crippen molar-refractivity contribution in [3.05, 3.63) is 67.6 Å². The Kier molecular flexibility index (Phi) is 4.57. The van der Waals surface area contributed by atoms with Gasteiger partial charge >= 0.3 is 0 Å². The standard InChI is InChI=1S/C14H12ClN3O4/c1-9-3-2-6-17(14(9)20)8-13(19)16-12-5-4-10(18(21)22)7-11(12)15/h2-7H,8H2,1H3,(H,16,19). The summed E-state index contributed by atoms with van der Waals surface area (Å²) >= 11 is 5.89. The van der Waals surface area contributed by atoms with E-state index in [0.29, 0.717) is 5.56 Å². The van der Waals surface area contributed by atoms with Crippen LogP contribution in [0.1, 0.15) is 5.56 Å². The lowest BCUT2D eigenvalue weighted by Gasteiger charge is -2.09. The predicted octanol–water partition coefficient (Wildman–Crippen LogP) is 2.36. The average molecular weight is 322 g/mol. The number of hydrogen-bond donors (Lipinski definition) is 1. The predicted molar refractivity (Wildman–Crippen MR) is 82.2 cm³/mol. The number of hydrogen-bond acceptors (Lipinski definition) is 4. The molecule has 0 unspecified atom stereocenters. The maximum atomic E-state index is 12.0. The number of nitro benzene ring substituents is 1. The van der Waals surface area contributed by atoms with Gasteiger partial charge < -0.3 is 9.88 Å². The molecule has 1 N–H and O–H groups in total. The summed E-state index contributed by atoms with van der Waals surface area (Å²) in [5.74, 6) is -0.455. The van der Waals surface area contributed by atoms with Crippen LogP contribution in [0.15, 0.2) is 41.3 Å². The van der Waals surface area contributed by atoms with Gasteiger partial charge in [0.05, 0.1) is 15.6 Å². The molecule has 1 heterocycles. The second-order valence-corrected chi connectivity index (χ2v) is 5.00. The minimum Gasteiger partial charge on any atom is -0.323 e. The first kappa shape index (κ1) is 15.7. The van der Waals surface area contributed by atoms with Crippen LogP contribution in [0.3, 0.4) is 0 Å². The molecule has 0 radical (unpaired) electrons. The van der Waals surface area contributed by atoms with Gasteiger partial charge in [-0.15, -0.1) is 0 Å². The maximum absolute atomic E-state index is 12.0. The Morgan fingerprint density at radius 3 is 2.77 bits per heavy atom. The van der Waals surface area contributed by atoms with Gasteiger partial charge in [0.25, 0.3) is 11.2 Å². The van der Waals surface area contributed by atoms with E-state index in [1.807, 2.05) is 0 Å². The van der Waals surface area contributed by atoms with E-state index in [2.05, 4.69) is 5.32 Å². The van der Waals surface area contributed by atoms with Crippen LogP contribution in [0.25, 0.3) is 0 Å². The monoisotopic (exact) mass is 321 g/mol. The minimum absolute atomic E-state index is 0.0548. The lowest BCUT2D eigenvalue weighted by atomic mass is 10.2. The van der Waals surface area contributed by atoms with Crippen LogP contribution in [-0.2, 0) is 11.3 Å². The molecule has 2 rings (SSSR count). The molecule has 0 bridgehead atoms. The number of rotatable bonds is 4. The van der Waals surface area contributed by atoms with Crippen molar-refractivity contribution in [3.63, 3.8) is 0 Å². The first-order chi connectivity index (χ1) is 10.4. The highest BCUT2D eigenvalue weighted by Crippen LogP contribution is 2.26. The summed E-state index contributed by atoms with van der Waals surface area (Å²) in [7, 11) is 0. The highest BCUT2D eigenvalue weighted by molar-refractivity contribution is 6.33. The zero-order valence-corrected chi connectivity index (χ0v) is 12.3. The van der Waals surface area contributed by atoms with Gasteiger partial charge in [-0.2, -0.15) is 0 Å². The van der Waals surface area contributed by atoms with E-state index < -0.39 is 10.8 Å². The summed E-state index contributed by atoms with van der Waals surface area (Å²) in [6.07, 6.45) is 1.51. The Hall–Kier alpha value is -2.67. The molecule has 114 valence electrons. The van der Waals surface area contributed by atoms with Gasteiger partial charge in [-0.1, -0.05) is 17.7 Å². The molecule has 0 aliphatic heterocycles. The third-order valence-electron chi connectivity index (χ3n) is 2.96. The molecule has 1 amide bonds. The number of nitro groups is 1. The molecule has 0 saturated carbocycles. The number of carbonyl (C=O) groups is 1. The zero-order valence-electron chi connectivity index (χ0n) is 11.6. The molecule has 1 aromatic heterocycles. The fourth-order valence-corrected chi connectivity index (χ4v) is 2.07. The number of benzene rings is 1. The molecule has 0 saturated heterocycles. The van der Waals surface area contributed by atoms with Crippen LogP contribution in [-0.4, -0.2) is 15.4 Å². The Morgan fingerprint density at radius 1 is 1.41 bits per heavy atom. The van der Waals surface area contributed by atoms with Gasteiger partial charge in [-0.05, 0) is 19.1 Å². The smallest absolute Gasteiger partial charge is 0.271 e. The molecule has 0 spiro atoms. The third kappa shape index (κ3) is 3.50. The van der Waals surface area contributed by atoms with Crippen LogP contribution < -0.4 is 10.9 Å². The highest BCUT2D eigenvalue weighted by atomic mass is 35.5. The number of non-ortho nitro benzene ring substituents is 1. The maximum Gasteiger partial charge on any atom is 0.271 e. The van der Waals surface area contributed by atoms with Gasteiger partial charge in [0, 0.05) is 23.9 Å². The first-order valence-corrected chi connectivity index (χ1v) is 6.66. The van der Waals surface area contributed by atoms with Crippen molar-refractivity contribution in [2.45, 2.75) is 13.5 Å². The minimum atomic E-state index is -0.580. The van der Waals surface area contributed by atoms with Crippen molar-refractivity contribution >= 4 is 28.9 Å². The summed E-state index contributed by atoms with van der Waals surface area (Å²) in [6.45, 7) is 1.48. The number of carbonyl (C=O) groups excluding carboxylic acids is 1. The van der Waals surface area contributed by atoms with Crippen molar-refractivity contribution in [1.82, 2.24) is 4.57 Å². The molecule has 7 nitrogen and oxygen atoms in total. The van der Waals surface area contributed by atoms with Gasteiger partial charge in [0.15, 0.2) is 0 Å². The topological polar surface area (TPSA) is 94.2 Å². The van der Waals surface area contributed by atoms with Gasteiger partial charge in [-0.25, -0.2) is 0 Å². The number of pyridine rings is 1. The number of halogens is 1. The van der Waals surface area contributed by atoms with Crippen molar-refractivity contribution < 1.29 is 9.72 Å². The van der Waals surface area contributed by atoms with Crippen molar-refractivity contribution in [2.75, 3.05) is 5.32 Å². The van der Waals surface area contributed by atoms with Crippen molar-refractivity contribution in [1.29, 1.82) is 0 Å². The Bertz CT molecular complexity index is 801. The molecule has 0 aliphatic carbocycles. The molecular formula is C14H12ClN3O4. The van der Waals surface area contributed by atoms with Crippen LogP contribution in [0.4, 0.5) is 11.4 Å². The largest absolute Gasteiger partial charge is 0.323 e. The fraction of sp³-hybridized carbons (Fsp3) is 0.143. The number of aromatic nitrogens is 1. The quantitative estimate of drug-likeness (QED) is 0.690. The molecule has 0 aliphatic rings. The normalized spacial score (nSPS) is 10.3. The summed E-state index contributed by atoms with van der Waals surface area (Å²) < 4.78 is 1.27. The van der Waals surface area contributed by atoms with E-state index in [1.165, 1.54) is 22.9 Å². The average Bonchev–Trinajstić information content (AvgIpc) is 2.46. The Labute approximate surface area is 130 Å². The van der Waals surface area contributed by atoms with E-state index in [-0.39, 0.29) is 28.5 Å². The number of aryl methyl sites for hydroxylation is 1. The van der Waals surface area contributed by atoms with E-state index in [9.17, 15) is 19.7 Å². The van der Waals surface area contributed by atoms with E-state index in [4.69, 9.17) is 11.6 Å². The lowest BCUT2D eigenvalue weighted by Crippen LogP contribution is -2.28. The van der Waals surface area contributed by atoms with E-state index >= 15 is 0 Å². The van der Waals surface area contributed by atoms with Crippen LogP contribution in [0, 0.1) is 17.0 Å². The Morgan fingerprint density at radius 2 is 2.14 bits per heavy atom. The second kappa shape index (κ2) is 6.40.